The normalized spacial score (nSPS) is 22.0. The highest BCUT2D eigenvalue weighted by Gasteiger charge is 2.31. The number of unbranched alkanes of at least 4 members (excludes halogenated alkanes) is 1. The van der Waals surface area contributed by atoms with Gasteiger partial charge >= 0.3 is 0 Å². The predicted molar refractivity (Wildman–Crippen MR) is 87.1 cm³/mol. The quantitative estimate of drug-likeness (QED) is 0.814. The van der Waals surface area contributed by atoms with Crippen LogP contribution in [0.25, 0.3) is 0 Å². The summed E-state index contributed by atoms with van der Waals surface area (Å²) in [5, 5.41) is 3.74. The minimum absolute atomic E-state index is 0.502. The van der Waals surface area contributed by atoms with Crippen LogP contribution in [0.2, 0.25) is 0 Å². The first-order valence-electron chi connectivity index (χ1n) is 8.37. The van der Waals surface area contributed by atoms with Gasteiger partial charge in [0.15, 0.2) is 0 Å². The Morgan fingerprint density at radius 2 is 2.00 bits per heavy atom. The van der Waals surface area contributed by atoms with Crippen molar-refractivity contribution in [2.45, 2.75) is 58.5 Å². The Balaban J connectivity index is 2.20. The molecule has 20 heavy (non-hydrogen) atoms. The second-order valence-electron chi connectivity index (χ2n) is 5.82. The standard InChI is InChI=1S/C18H30N2/c1-4-7-14-20(6-3)17-13-12-15-10-8-9-11-16(15)18(17)19-5-2/h8-11,17-19H,4-7,12-14H2,1-3H3. The molecule has 2 atom stereocenters. The van der Waals surface area contributed by atoms with Crippen molar-refractivity contribution in [1.29, 1.82) is 0 Å². The molecule has 0 saturated carbocycles. The molecule has 2 rings (SSSR count). The van der Waals surface area contributed by atoms with Crippen LogP contribution in [0, 0.1) is 0 Å². The second-order valence-corrected chi connectivity index (χ2v) is 5.82. The topological polar surface area (TPSA) is 15.3 Å². The summed E-state index contributed by atoms with van der Waals surface area (Å²) in [5.41, 5.74) is 3.07. The number of nitrogens with zero attached hydrogens (tertiary/aromatic N) is 1. The van der Waals surface area contributed by atoms with Gasteiger partial charge in [-0.05, 0) is 50.0 Å². The minimum Gasteiger partial charge on any atom is -0.309 e. The van der Waals surface area contributed by atoms with E-state index in [0.29, 0.717) is 12.1 Å². The molecule has 2 unspecified atom stereocenters. The fraction of sp³-hybridized carbons (Fsp3) is 0.667. The number of aryl methyl sites for hydroxylation is 1. The van der Waals surface area contributed by atoms with Crippen molar-refractivity contribution in [1.82, 2.24) is 10.2 Å². The Hall–Kier alpha value is -0.860. The van der Waals surface area contributed by atoms with Gasteiger partial charge in [-0.2, -0.15) is 0 Å². The Morgan fingerprint density at radius 3 is 2.70 bits per heavy atom. The van der Waals surface area contributed by atoms with Gasteiger partial charge in [0.2, 0.25) is 0 Å². The zero-order valence-electron chi connectivity index (χ0n) is 13.4. The summed E-state index contributed by atoms with van der Waals surface area (Å²) in [6.07, 6.45) is 5.11. The van der Waals surface area contributed by atoms with Crippen molar-refractivity contribution in [2.75, 3.05) is 19.6 Å². The van der Waals surface area contributed by atoms with E-state index in [2.05, 4.69) is 55.3 Å². The van der Waals surface area contributed by atoms with Crippen molar-refractivity contribution < 1.29 is 0 Å². The highest BCUT2D eigenvalue weighted by atomic mass is 15.2. The first-order valence-corrected chi connectivity index (χ1v) is 8.37. The predicted octanol–water partition coefficient (Wildman–Crippen LogP) is 3.77. The van der Waals surface area contributed by atoms with Gasteiger partial charge in [0.25, 0.3) is 0 Å². The van der Waals surface area contributed by atoms with Crippen molar-refractivity contribution >= 4 is 0 Å². The lowest BCUT2D eigenvalue weighted by Gasteiger charge is -2.41. The molecule has 1 aliphatic carbocycles. The van der Waals surface area contributed by atoms with Crippen molar-refractivity contribution in [2.24, 2.45) is 0 Å². The molecule has 0 aromatic heterocycles. The summed E-state index contributed by atoms with van der Waals surface area (Å²) >= 11 is 0. The number of rotatable bonds is 7. The van der Waals surface area contributed by atoms with Crippen LogP contribution >= 0.6 is 0 Å². The van der Waals surface area contributed by atoms with Gasteiger partial charge in [0.1, 0.15) is 0 Å². The zero-order chi connectivity index (χ0) is 14.4. The van der Waals surface area contributed by atoms with Gasteiger partial charge in [0, 0.05) is 12.1 Å². The maximum atomic E-state index is 3.74. The first-order chi connectivity index (χ1) is 9.81. The molecule has 2 nitrogen and oxygen atoms in total. The SMILES string of the molecule is CCCCN(CC)C1CCc2ccccc2C1NCC. The molecule has 1 aromatic carbocycles. The number of fused-ring (bicyclic) bond motifs is 1. The van der Waals surface area contributed by atoms with E-state index in [0.717, 1.165) is 13.1 Å². The van der Waals surface area contributed by atoms with E-state index in [1.807, 2.05) is 0 Å². The van der Waals surface area contributed by atoms with Gasteiger partial charge in [-0.1, -0.05) is 51.5 Å². The molecule has 112 valence electrons. The van der Waals surface area contributed by atoms with Gasteiger partial charge in [0.05, 0.1) is 0 Å². The summed E-state index contributed by atoms with van der Waals surface area (Å²) in [6.45, 7) is 10.2. The lowest BCUT2D eigenvalue weighted by atomic mass is 9.83. The number of likely N-dealkylation sites (N-methyl/N-ethyl adjacent to an activating group) is 2. The van der Waals surface area contributed by atoms with Gasteiger partial charge < -0.3 is 5.32 Å². The third kappa shape index (κ3) is 3.42. The van der Waals surface area contributed by atoms with Crippen LogP contribution in [-0.4, -0.2) is 30.6 Å². The highest BCUT2D eigenvalue weighted by molar-refractivity contribution is 5.34. The van der Waals surface area contributed by atoms with Gasteiger partial charge in [-0.3, -0.25) is 4.90 Å². The average molecular weight is 274 g/mol. The van der Waals surface area contributed by atoms with E-state index >= 15 is 0 Å². The number of hydrogen-bond acceptors (Lipinski definition) is 2. The summed E-state index contributed by atoms with van der Waals surface area (Å²) in [4.78, 5) is 2.69. The third-order valence-electron chi connectivity index (χ3n) is 4.58. The van der Waals surface area contributed by atoms with Crippen LogP contribution in [-0.2, 0) is 6.42 Å². The summed E-state index contributed by atoms with van der Waals surface area (Å²) < 4.78 is 0. The molecule has 0 spiro atoms. The number of hydrogen-bond donors (Lipinski definition) is 1. The number of nitrogens with one attached hydrogen (secondary N) is 1. The Kier molecular flexibility index (Phi) is 6.06. The molecule has 1 aromatic rings. The molecule has 1 aliphatic rings. The minimum atomic E-state index is 0.502. The monoisotopic (exact) mass is 274 g/mol. The Morgan fingerprint density at radius 1 is 1.20 bits per heavy atom. The average Bonchev–Trinajstić information content (AvgIpc) is 2.49. The molecule has 0 radical (unpaired) electrons. The van der Waals surface area contributed by atoms with Crippen LogP contribution in [0.4, 0.5) is 0 Å². The van der Waals surface area contributed by atoms with E-state index in [1.165, 1.54) is 37.8 Å². The molecule has 0 saturated heterocycles. The lowest BCUT2D eigenvalue weighted by Crippen LogP contribution is -2.47. The molecule has 2 heteroatoms. The Bertz CT molecular complexity index is 402. The van der Waals surface area contributed by atoms with Crippen LogP contribution < -0.4 is 5.32 Å². The maximum Gasteiger partial charge on any atom is 0.0480 e. The smallest absolute Gasteiger partial charge is 0.0480 e. The summed E-state index contributed by atoms with van der Waals surface area (Å²) in [6, 6.07) is 10.1. The molecule has 0 aliphatic heterocycles. The van der Waals surface area contributed by atoms with E-state index < -0.39 is 0 Å². The lowest BCUT2D eigenvalue weighted by molar-refractivity contribution is 0.145. The second kappa shape index (κ2) is 7.80. The molecular formula is C18H30N2. The highest BCUT2D eigenvalue weighted by Crippen LogP contribution is 2.33. The van der Waals surface area contributed by atoms with Crippen molar-refractivity contribution in [3.8, 4) is 0 Å². The van der Waals surface area contributed by atoms with E-state index in [-0.39, 0.29) is 0 Å². The third-order valence-corrected chi connectivity index (χ3v) is 4.58. The van der Waals surface area contributed by atoms with Gasteiger partial charge in [-0.15, -0.1) is 0 Å². The molecule has 0 bridgehead atoms. The molecular weight excluding hydrogens is 244 g/mol. The van der Waals surface area contributed by atoms with Crippen molar-refractivity contribution in [3.63, 3.8) is 0 Å². The maximum absolute atomic E-state index is 3.74. The largest absolute Gasteiger partial charge is 0.309 e. The summed E-state index contributed by atoms with van der Waals surface area (Å²) in [7, 11) is 0. The van der Waals surface area contributed by atoms with Crippen LogP contribution in [0.15, 0.2) is 24.3 Å². The van der Waals surface area contributed by atoms with E-state index in [1.54, 1.807) is 5.56 Å². The fourth-order valence-electron chi connectivity index (χ4n) is 3.52. The van der Waals surface area contributed by atoms with Crippen LogP contribution in [0.1, 0.15) is 57.2 Å². The van der Waals surface area contributed by atoms with Crippen LogP contribution in [0.3, 0.4) is 0 Å². The summed E-state index contributed by atoms with van der Waals surface area (Å²) in [5.74, 6) is 0. The molecule has 0 heterocycles. The van der Waals surface area contributed by atoms with E-state index in [9.17, 15) is 0 Å². The molecule has 0 amide bonds. The number of benzene rings is 1. The van der Waals surface area contributed by atoms with E-state index in [4.69, 9.17) is 0 Å². The van der Waals surface area contributed by atoms with Crippen LogP contribution in [0.5, 0.6) is 0 Å². The molecule has 0 fully saturated rings. The fourth-order valence-corrected chi connectivity index (χ4v) is 3.52. The molecule has 1 N–H and O–H groups in total. The first kappa shape index (κ1) is 15.5. The Labute approximate surface area is 124 Å². The van der Waals surface area contributed by atoms with Crippen molar-refractivity contribution in [3.05, 3.63) is 35.4 Å². The van der Waals surface area contributed by atoms with Gasteiger partial charge in [-0.25, -0.2) is 0 Å². The zero-order valence-corrected chi connectivity index (χ0v) is 13.4.